The van der Waals surface area contributed by atoms with Crippen LogP contribution in [0.1, 0.15) is 38.7 Å². The SMILES string of the molecule is CCc1ccc(OCC(=O)N2CCCC2CC(C)O)cc1. The predicted molar refractivity (Wildman–Crippen MR) is 82.3 cm³/mol. The summed E-state index contributed by atoms with van der Waals surface area (Å²) in [5.74, 6) is 0.740. The van der Waals surface area contributed by atoms with E-state index in [4.69, 9.17) is 4.74 Å². The van der Waals surface area contributed by atoms with Gasteiger partial charge in [-0.2, -0.15) is 0 Å². The number of ether oxygens (including phenoxy) is 1. The summed E-state index contributed by atoms with van der Waals surface area (Å²) in [7, 11) is 0. The zero-order valence-electron chi connectivity index (χ0n) is 12.9. The van der Waals surface area contributed by atoms with Crippen molar-refractivity contribution in [2.45, 2.75) is 51.7 Å². The van der Waals surface area contributed by atoms with Gasteiger partial charge in [0.15, 0.2) is 6.61 Å². The molecular weight excluding hydrogens is 266 g/mol. The number of carbonyl (C=O) groups excluding carboxylic acids is 1. The average molecular weight is 291 g/mol. The quantitative estimate of drug-likeness (QED) is 0.875. The molecule has 2 atom stereocenters. The molecule has 1 amide bonds. The maximum absolute atomic E-state index is 12.3. The molecule has 1 saturated heterocycles. The third-order valence-electron chi connectivity index (χ3n) is 4.00. The molecule has 1 aromatic carbocycles. The van der Waals surface area contributed by atoms with Gasteiger partial charge in [-0.3, -0.25) is 4.79 Å². The minimum absolute atomic E-state index is 0.0118. The van der Waals surface area contributed by atoms with Gasteiger partial charge in [0.05, 0.1) is 6.10 Å². The lowest BCUT2D eigenvalue weighted by Crippen LogP contribution is -2.39. The van der Waals surface area contributed by atoms with E-state index in [1.807, 2.05) is 29.2 Å². The Hall–Kier alpha value is -1.55. The molecule has 1 N–H and O–H groups in total. The van der Waals surface area contributed by atoms with Crippen LogP contribution in [0.25, 0.3) is 0 Å². The highest BCUT2D eigenvalue weighted by molar-refractivity contribution is 5.78. The molecule has 0 radical (unpaired) electrons. The lowest BCUT2D eigenvalue weighted by molar-refractivity contribution is -0.134. The number of aliphatic hydroxyl groups is 1. The first-order valence-electron chi connectivity index (χ1n) is 7.79. The van der Waals surface area contributed by atoms with Gasteiger partial charge in [0, 0.05) is 12.6 Å². The Balaban J connectivity index is 1.85. The molecule has 116 valence electrons. The summed E-state index contributed by atoms with van der Waals surface area (Å²) in [6, 6.07) is 8.01. The summed E-state index contributed by atoms with van der Waals surface area (Å²) in [5, 5.41) is 9.50. The fourth-order valence-electron chi connectivity index (χ4n) is 2.85. The number of likely N-dealkylation sites (tertiary alicyclic amines) is 1. The molecule has 0 bridgehead atoms. The number of aryl methyl sites for hydroxylation is 1. The fourth-order valence-corrected chi connectivity index (χ4v) is 2.85. The zero-order valence-corrected chi connectivity index (χ0v) is 12.9. The van der Waals surface area contributed by atoms with E-state index in [2.05, 4.69) is 6.92 Å². The summed E-state index contributed by atoms with van der Waals surface area (Å²) in [5.41, 5.74) is 1.25. The van der Waals surface area contributed by atoms with Crippen LogP contribution in [0.3, 0.4) is 0 Å². The second-order valence-electron chi connectivity index (χ2n) is 5.75. The third kappa shape index (κ3) is 4.46. The molecule has 0 saturated carbocycles. The van der Waals surface area contributed by atoms with Gasteiger partial charge in [-0.15, -0.1) is 0 Å². The fraction of sp³-hybridized carbons (Fsp3) is 0.588. The molecule has 1 aliphatic heterocycles. The normalized spacial score (nSPS) is 19.6. The van der Waals surface area contributed by atoms with E-state index in [-0.39, 0.29) is 24.7 Å². The summed E-state index contributed by atoms with van der Waals surface area (Å²) < 4.78 is 5.58. The molecule has 0 aliphatic carbocycles. The molecular formula is C17H25NO3. The van der Waals surface area contributed by atoms with Crippen LogP contribution in [0.15, 0.2) is 24.3 Å². The highest BCUT2D eigenvalue weighted by Crippen LogP contribution is 2.22. The lowest BCUT2D eigenvalue weighted by Gasteiger charge is -2.25. The van der Waals surface area contributed by atoms with Crippen LogP contribution in [-0.4, -0.2) is 41.2 Å². The van der Waals surface area contributed by atoms with Gasteiger partial charge >= 0.3 is 0 Å². The van der Waals surface area contributed by atoms with Crippen molar-refractivity contribution in [1.29, 1.82) is 0 Å². The van der Waals surface area contributed by atoms with Crippen LogP contribution < -0.4 is 4.74 Å². The second kappa shape index (κ2) is 7.46. The number of hydrogen-bond donors (Lipinski definition) is 1. The van der Waals surface area contributed by atoms with E-state index >= 15 is 0 Å². The van der Waals surface area contributed by atoms with Crippen molar-refractivity contribution >= 4 is 5.91 Å². The number of rotatable bonds is 6. The van der Waals surface area contributed by atoms with Crippen molar-refractivity contribution in [2.24, 2.45) is 0 Å². The molecule has 0 spiro atoms. The van der Waals surface area contributed by atoms with Gasteiger partial charge in [-0.05, 0) is 50.3 Å². The number of carbonyl (C=O) groups is 1. The van der Waals surface area contributed by atoms with Crippen LogP contribution >= 0.6 is 0 Å². The summed E-state index contributed by atoms with van der Waals surface area (Å²) in [6.45, 7) is 4.72. The summed E-state index contributed by atoms with van der Waals surface area (Å²) in [4.78, 5) is 14.1. The summed E-state index contributed by atoms with van der Waals surface area (Å²) in [6.07, 6.45) is 3.26. The van der Waals surface area contributed by atoms with Crippen molar-refractivity contribution in [3.63, 3.8) is 0 Å². The Morgan fingerprint density at radius 2 is 2.14 bits per heavy atom. The Labute approximate surface area is 126 Å². The van der Waals surface area contributed by atoms with Gasteiger partial charge < -0.3 is 14.7 Å². The topological polar surface area (TPSA) is 49.8 Å². The van der Waals surface area contributed by atoms with Gasteiger partial charge in [-0.1, -0.05) is 19.1 Å². The Morgan fingerprint density at radius 3 is 2.76 bits per heavy atom. The molecule has 4 nitrogen and oxygen atoms in total. The molecule has 1 heterocycles. The number of benzene rings is 1. The first kappa shape index (κ1) is 15.8. The van der Waals surface area contributed by atoms with Gasteiger partial charge in [0.2, 0.25) is 0 Å². The Bertz CT molecular complexity index is 456. The molecule has 21 heavy (non-hydrogen) atoms. The summed E-state index contributed by atoms with van der Waals surface area (Å²) >= 11 is 0. The monoisotopic (exact) mass is 291 g/mol. The number of hydrogen-bond acceptors (Lipinski definition) is 3. The van der Waals surface area contributed by atoms with Crippen molar-refractivity contribution in [2.75, 3.05) is 13.2 Å². The van der Waals surface area contributed by atoms with E-state index in [9.17, 15) is 9.90 Å². The number of amides is 1. The van der Waals surface area contributed by atoms with Crippen LogP contribution in [0.4, 0.5) is 0 Å². The zero-order chi connectivity index (χ0) is 15.2. The molecule has 1 aromatic rings. The van der Waals surface area contributed by atoms with E-state index < -0.39 is 0 Å². The van der Waals surface area contributed by atoms with Crippen molar-refractivity contribution in [1.82, 2.24) is 4.90 Å². The van der Waals surface area contributed by atoms with Crippen molar-refractivity contribution in [3.8, 4) is 5.75 Å². The second-order valence-corrected chi connectivity index (χ2v) is 5.75. The van der Waals surface area contributed by atoms with Crippen LogP contribution in [0.5, 0.6) is 5.75 Å². The first-order chi connectivity index (χ1) is 10.1. The average Bonchev–Trinajstić information content (AvgIpc) is 2.92. The Morgan fingerprint density at radius 1 is 1.43 bits per heavy atom. The molecule has 1 fully saturated rings. The largest absolute Gasteiger partial charge is 0.484 e. The maximum atomic E-state index is 12.3. The minimum atomic E-state index is -0.370. The van der Waals surface area contributed by atoms with Gasteiger partial charge in [0.25, 0.3) is 5.91 Å². The highest BCUT2D eigenvalue weighted by Gasteiger charge is 2.29. The molecule has 0 aromatic heterocycles. The number of nitrogens with zero attached hydrogens (tertiary/aromatic N) is 1. The lowest BCUT2D eigenvalue weighted by atomic mass is 10.1. The van der Waals surface area contributed by atoms with Gasteiger partial charge in [0.1, 0.15) is 5.75 Å². The van der Waals surface area contributed by atoms with E-state index in [0.717, 1.165) is 31.6 Å². The van der Waals surface area contributed by atoms with E-state index in [0.29, 0.717) is 6.42 Å². The molecule has 1 aliphatic rings. The van der Waals surface area contributed by atoms with Crippen LogP contribution in [0, 0.1) is 0 Å². The van der Waals surface area contributed by atoms with E-state index in [1.54, 1.807) is 6.92 Å². The Kier molecular flexibility index (Phi) is 5.62. The van der Waals surface area contributed by atoms with Crippen LogP contribution in [-0.2, 0) is 11.2 Å². The molecule has 4 heteroatoms. The first-order valence-corrected chi connectivity index (χ1v) is 7.79. The highest BCUT2D eigenvalue weighted by atomic mass is 16.5. The predicted octanol–water partition coefficient (Wildman–Crippen LogP) is 2.39. The minimum Gasteiger partial charge on any atom is -0.484 e. The van der Waals surface area contributed by atoms with Crippen molar-refractivity contribution in [3.05, 3.63) is 29.8 Å². The van der Waals surface area contributed by atoms with Gasteiger partial charge in [-0.25, -0.2) is 0 Å². The molecule has 2 rings (SSSR count). The van der Waals surface area contributed by atoms with Crippen molar-refractivity contribution < 1.29 is 14.6 Å². The standard InChI is InChI=1S/C17H25NO3/c1-3-14-6-8-16(9-7-14)21-12-17(20)18-10-4-5-15(18)11-13(2)19/h6-9,13,15,19H,3-5,10-12H2,1-2H3. The third-order valence-corrected chi connectivity index (χ3v) is 4.00. The number of aliphatic hydroxyl groups excluding tert-OH is 1. The van der Waals surface area contributed by atoms with Crippen LogP contribution in [0.2, 0.25) is 0 Å². The van der Waals surface area contributed by atoms with E-state index in [1.165, 1.54) is 5.56 Å². The molecule has 2 unspecified atom stereocenters. The smallest absolute Gasteiger partial charge is 0.260 e. The maximum Gasteiger partial charge on any atom is 0.260 e.